The van der Waals surface area contributed by atoms with Crippen LogP contribution in [0.15, 0.2) is 18.3 Å². The van der Waals surface area contributed by atoms with Gasteiger partial charge in [0.05, 0.1) is 5.92 Å². The van der Waals surface area contributed by atoms with Crippen molar-refractivity contribution in [1.29, 1.82) is 0 Å². The van der Waals surface area contributed by atoms with Crippen molar-refractivity contribution in [2.45, 2.75) is 56.9 Å². The second kappa shape index (κ2) is 8.47. The third kappa shape index (κ3) is 4.81. The second-order valence-corrected chi connectivity index (χ2v) is 8.75. The zero-order valence-corrected chi connectivity index (χ0v) is 17.4. The van der Waals surface area contributed by atoms with Gasteiger partial charge in [-0.15, -0.1) is 0 Å². The minimum absolute atomic E-state index is 0.0128. The van der Waals surface area contributed by atoms with Gasteiger partial charge < -0.3 is 15.5 Å². The first-order valence-electron chi connectivity index (χ1n) is 10.8. The fraction of sp³-hybridized carbons (Fsp3) is 0.565. The fourth-order valence-electron chi connectivity index (χ4n) is 4.12. The van der Waals surface area contributed by atoms with Gasteiger partial charge >= 0.3 is 0 Å². The fourth-order valence-corrected chi connectivity index (χ4v) is 4.12. The van der Waals surface area contributed by atoms with Gasteiger partial charge in [0.25, 0.3) is 0 Å². The van der Waals surface area contributed by atoms with Gasteiger partial charge in [-0.3, -0.25) is 14.4 Å². The highest BCUT2D eigenvalue weighted by Crippen LogP contribution is 2.30. The number of pyridine rings is 1. The Morgan fingerprint density at radius 2 is 1.90 bits per heavy atom. The summed E-state index contributed by atoms with van der Waals surface area (Å²) < 4.78 is 0. The van der Waals surface area contributed by atoms with Crippen LogP contribution in [0.25, 0.3) is 0 Å². The van der Waals surface area contributed by atoms with E-state index in [-0.39, 0.29) is 36.0 Å². The van der Waals surface area contributed by atoms with E-state index >= 15 is 0 Å². The SMILES string of the molecule is CN1CC(C(=O)NC2(C#Cc3ccc(NC(=O)C4CC4)nc3)CCCCC2)CC1=O. The molecular formula is C23H28N4O3. The van der Waals surface area contributed by atoms with Crippen LogP contribution in [-0.2, 0) is 14.4 Å². The molecule has 2 aliphatic carbocycles. The molecule has 2 saturated carbocycles. The van der Waals surface area contributed by atoms with Gasteiger partial charge in [-0.25, -0.2) is 4.98 Å². The van der Waals surface area contributed by atoms with Crippen molar-refractivity contribution in [2.24, 2.45) is 11.8 Å². The lowest BCUT2D eigenvalue weighted by atomic mass is 9.81. The summed E-state index contributed by atoms with van der Waals surface area (Å²) in [6.07, 6.45) is 8.62. The van der Waals surface area contributed by atoms with Gasteiger partial charge in [0.2, 0.25) is 17.7 Å². The van der Waals surface area contributed by atoms with Crippen molar-refractivity contribution in [3.63, 3.8) is 0 Å². The Bertz CT molecular complexity index is 889. The Labute approximate surface area is 177 Å². The van der Waals surface area contributed by atoms with E-state index in [1.54, 1.807) is 24.2 Å². The number of anilines is 1. The number of aromatic nitrogens is 1. The smallest absolute Gasteiger partial charge is 0.228 e. The summed E-state index contributed by atoms with van der Waals surface area (Å²) >= 11 is 0. The molecule has 1 atom stereocenters. The summed E-state index contributed by atoms with van der Waals surface area (Å²) in [6, 6.07) is 3.60. The summed E-state index contributed by atoms with van der Waals surface area (Å²) in [5.74, 6) is 6.80. The number of likely N-dealkylation sites (tertiary alicyclic amines) is 1. The molecule has 1 aromatic rings. The van der Waals surface area contributed by atoms with Crippen LogP contribution < -0.4 is 10.6 Å². The van der Waals surface area contributed by atoms with Gasteiger partial charge in [-0.05, 0) is 37.8 Å². The molecule has 1 aliphatic heterocycles. The lowest BCUT2D eigenvalue weighted by molar-refractivity contribution is -0.129. The number of hydrogen-bond acceptors (Lipinski definition) is 4. The third-order valence-electron chi connectivity index (χ3n) is 6.19. The van der Waals surface area contributed by atoms with Gasteiger partial charge in [0.15, 0.2) is 0 Å². The van der Waals surface area contributed by atoms with Gasteiger partial charge in [-0.1, -0.05) is 31.1 Å². The highest BCUT2D eigenvalue weighted by atomic mass is 16.2. The molecule has 1 aromatic heterocycles. The third-order valence-corrected chi connectivity index (χ3v) is 6.19. The van der Waals surface area contributed by atoms with E-state index in [2.05, 4.69) is 27.5 Å². The lowest BCUT2D eigenvalue weighted by Crippen LogP contribution is -2.51. The first kappa shape index (κ1) is 20.4. The van der Waals surface area contributed by atoms with Gasteiger partial charge in [0, 0.05) is 37.7 Å². The van der Waals surface area contributed by atoms with E-state index in [0.29, 0.717) is 12.4 Å². The highest BCUT2D eigenvalue weighted by molar-refractivity contribution is 5.93. The van der Waals surface area contributed by atoms with Crippen molar-refractivity contribution in [2.75, 3.05) is 18.9 Å². The largest absolute Gasteiger partial charge is 0.345 e. The monoisotopic (exact) mass is 408 g/mol. The van der Waals surface area contributed by atoms with Crippen LogP contribution in [-0.4, -0.2) is 46.7 Å². The second-order valence-electron chi connectivity index (χ2n) is 8.75. The summed E-state index contributed by atoms with van der Waals surface area (Å²) in [5.41, 5.74) is 0.188. The van der Waals surface area contributed by atoms with Crippen LogP contribution in [0.1, 0.15) is 56.9 Å². The number of amides is 3. The summed E-state index contributed by atoms with van der Waals surface area (Å²) in [6.45, 7) is 0.464. The van der Waals surface area contributed by atoms with Crippen LogP contribution >= 0.6 is 0 Å². The van der Waals surface area contributed by atoms with Crippen molar-refractivity contribution in [3.8, 4) is 11.8 Å². The van der Waals surface area contributed by atoms with E-state index < -0.39 is 5.54 Å². The number of nitrogens with one attached hydrogen (secondary N) is 2. The number of carbonyl (C=O) groups excluding carboxylic acids is 3. The quantitative estimate of drug-likeness (QED) is 0.747. The Morgan fingerprint density at radius 1 is 1.13 bits per heavy atom. The van der Waals surface area contributed by atoms with Crippen LogP contribution in [0.3, 0.4) is 0 Å². The summed E-state index contributed by atoms with van der Waals surface area (Å²) in [7, 11) is 1.73. The molecule has 0 bridgehead atoms. The Hall–Kier alpha value is -2.88. The first-order valence-corrected chi connectivity index (χ1v) is 10.8. The van der Waals surface area contributed by atoms with E-state index in [9.17, 15) is 14.4 Å². The molecule has 1 saturated heterocycles. The van der Waals surface area contributed by atoms with Crippen LogP contribution in [0.4, 0.5) is 5.82 Å². The normalized spacial score (nSPS) is 22.8. The van der Waals surface area contributed by atoms with Gasteiger partial charge in [0.1, 0.15) is 11.4 Å². The number of carbonyl (C=O) groups is 3. The predicted molar refractivity (Wildman–Crippen MR) is 112 cm³/mol. The molecule has 30 heavy (non-hydrogen) atoms. The van der Waals surface area contributed by atoms with Crippen molar-refractivity contribution < 1.29 is 14.4 Å². The Kier molecular flexibility index (Phi) is 5.76. The Morgan fingerprint density at radius 3 is 2.50 bits per heavy atom. The maximum atomic E-state index is 12.8. The average Bonchev–Trinajstić information content (AvgIpc) is 3.54. The average molecular weight is 409 g/mol. The molecular weight excluding hydrogens is 380 g/mol. The molecule has 7 nitrogen and oxygen atoms in total. The number of nitrogens with zero attached hydrogens (tertiary/aromatic N) is 2. The van der Waals surface area contributed by atoms with E-state index in [1.807, 2.05) is 6.07 Å². The highest BCUT2D eigenvalue weighted by Gasteiger charge is 2.38. The van der Waals surface area contributed by atoms with Crippen molar-refractivity contribution in [3.05, 3.63) is 23.9 Å². The standard InChI is InChI=1S/C23H28N4O3/c1-27-15-18(13-20(27)28)22(30)26-23(10-3-2-4-11-23)12-9-16-5-8-19(24-14-16)25-21(29)17-6-7-17/h5,8,14,17-18H,2-4,6-7,10-11,13,15H2,1H3,(H,26,30)(H,24,25,29). The van der Waals surface area contributed by atoms with Gasteiger partial charge in [-0.2, -0.15) is 0 Å². The van der Waals surface area contributed by atoms with E-state index in [1.165, 1.54) is 0 Å². The van der Waals surface area contributed by atoms with Crippen LogP contribution in [0, 0.1) is 23.7 Å². The van der Waals surface area contributed by atoms with Crippen LogP contribution in [0.2, 0.25) is 0 Å². The summed E-state index contributed by atoms with van der Waals surface area (Å²) in [5, 5.41) is 6.00. The molecule has 0 aromatic carbocycles. The van der Waals surface area contributed by atoms with E-state index in [4.69, 9.17) is 0 Å². The summed E-state index contributed by atoms with van der Waals surface area (Å²) in [4.78, 5) is 42.4. The number of hydrogen-bond donors (Lipinski definition) is 2. The Balaban J connectivity index is 1.44. The predicted octanol–water partition coefficient (Wildman–Crippen LogP) is 2.08. The zero-order chi connectivity index (χ0) is 21.1. The topological polar surface area (TPSA) is 91.4 Å². The molecule has 1 unspecified atom stereocenters. The number of rotatable bonds is 4. The molecule has 3 amide bonds. The maximum absolute atomic E-state index is 12.8. The molecule has 2 heterocycles. The maximum Gasteiger partial charge on any atom is 0.228 e. The van der Waals surface area contributed by atoms with E-state index in [0.717, 1.165) is 50.5 Å². The molecule has 7 heteroatoms. The minimum Gasteiger partial charge on any atom is -0.345 e. The molecule has 2 N–H and O–H groups in total. The molecule has 3 aliphatic rings. The lowest BCUT2D eigenvalue weighted by Gasteiger charge is -2.34. The molecule has 158 valence electrons. The zero-order valence-electron chi connectivity index (χ0n) is 17.4. The molecule has 0 spiro atoms. The van der Waals surface area contributed by atoms with Crippen molar-refractivity contribution in [1.82, 2.24) is 15.2 Å². The minimum atomic E-state index is -0.557. The first-order chi connectivity index (χ1) is 14.4. The molecule has 3 fully saturated rings. The van der Waals surface area contributed by atoms with Crippen LogP contribution in [0.5, 0.6) is 0 Å². The van der Waals surface area contributed by atoms with Crippen molar-refractivity contribution >= 4 is 23.5 Å². The molecule has 4 rings (SSSR count). The molecule has 0 radical (unpaired) electrons.